The number of carbonyl (C=O) groups excluding carboxylic acids is 1. The molecule has 13 heteroatoms. The number of ketones is 1. The molecule has 0 saturated heterocycles. The van der Waals surface area contributed by atoms with Crippen LogP contribution in [-0.2, 0) is 11.0 Å². The highest BCUT2D eigenvalue weighted by molar-refractivity contribution is 6.48. The summed E-state index contributed by atoms with van der Waals surface area (Å²) in [7, 11) is 1.16. The summed E-state index contributed by atoms with van der Waals surface area (Å²) in [6.45, 7) is 0. The van der Waals surface area contributed by atoms with Gasteiger partial charge in [0.2, 0.25) is 0 Å². The highest BCUT2D eigenvalue weighted by atomic mass is 35.5. The Morgan fingerprint density at radius 1 is 1.06 bits per heavy atom. The highest BCUT2D eigenvalue weighted by Gasteiger charge is 2.41. The lowest BCUT2D eigenvalue weighted by Gasteiger charge is -2.19. The molecule has 0 aliphatic rings. The van der Waals surface area contributed by atoms with Gasteiger partial charge in [0.05, 0.1) is 26.8 Å². The third kappa shape index (κ3) is 6.86. The summed E-state index contributed by atoms with van der Waals surface area (Å²) in [6.07, 6.45) is -9.70. The smallest absolute Gasteiger partial charge is 0.399 e. The summed E-state index contributed by atoms with van der Waals surface area (Å²) in [5.74, 6) is -5.24. The number of halogens is 10. The van der Waals surface area contributed by atoms with Gasteiger partial charge in [-0.25, -0.2) is 4.39 Å². The van der Waals surface area contributed by atoms with Crippen molar-refractivity contribution in [1.82, 2.24) is 0 Å². The molecule has 2 aromatic carbocycles. The zero-order valence-corrected chi connectivity index (χ0v) is 19.1. The molecule has 34 heavy (non-hydrogen) atoms. The van der Waals surface area contributed by atoms with Crippen molar-refractivity contribution < 1.29 is 40.4 Å². The predicted octanol–water partition coefficient (Wildman–Crippen LogP) is 8.53. The van der Waals surface area contributed by atoms with E-state index in [0.717, 1.165) is 31.5 Å². The van der Waals surface area contributed by atoms with Gasteiger partial charge in [0.1, 0.15) is 18.9 Å². The third-order valence-corrected chi connectivity index (χ3v) is 5.59. The largest absolute Gasteiger partial charge is 0.417 e. The Kier molecular flexibility index (Phi) is 9.01. The summed E-state index contributed by atoms with van der Waals surface area (Å²) < 4.78 is 96.3. The minimum absolute atomic E-state index is 0.0815. The molecule has 0 amide bonds. The number of alkyl halides is 6. The Morgan fingerprint density at radius 2 is 1.65 bits per heavy atom. The maximum Gasteiger partial charge on any atom is 0.417 e. The molecular weight excluding hydrogens is 538 g/mol. The van der Waals surface area contributed by atoms with E-state index in [-0.39, 0.29) is 27.2 Å². The molecular formula is C21H13Cl3F7NO2. The Balaban J connectivity index is 2.57. The minimum Gasteiger partial charge on any atom is -0.399 e. The van der Waals surface area contributed by atoms with E-state index in [1.54, 1.807) is 0 Å². The third-order valence-electron chi connectivity index (χ3n) is 4.39. The number of hydrogen-bond acceptors (Lipinski definition) is 3. The first kappa shape index (κ1) is 27.9. The second-order valence-electron chi connectivity index (χ2n) is 6.69. The molecule has 0 aliphatic carbocycles. The number of carbonyl (C=O) groups is 1. The molecule has 0 saturated carbocycles. The molecule has 0 bridgehead atoms. The predicted molar refractivity (Wildman–Crippen MR) is 115 cm³/mol. The molecule has 0 aromatic heterocycles. The Bertz CT molecular complexity index is 1110. The summed E-state index contributed by atoms with van der Waals surface area (Å²) >= 11 is 17.2. The van der Waals surface area contributed by atoms with Crippen molar-refractivity contribution in [2.75, 3.05) is 7.11 Å². The van der Waals surface area contributed by atoms with Crippen LogP contribution in [0, 0.1) is 0 Å². The fourth-order valence-electron chi connectivity index (χ4n) is 2.85. The molecule has 2 rings (SSSR count). The molecule has 0 heterocycles. The number of hydrogen-bond donors (Lipinski definition) is 0. The van der Waals surface area contributed by atoms with Crippen LogP contribution >= 0.6 is 34.8 Å². The van der Waals surface area contributed by atoms with Gasteiger partial charge < -0.3 is 4.84 Å². The SMILES string of the molecule is CON=CCC(=O)c1ccc(/C(F)=C/C(c2cc(Cl)c(Cl)c(Cl)c2)C(F)(F)F)cc1C(F)(F)F. The Morgan fingerprint density at radius 3 is 2.15 bits per heavy atom. The van der Waals surface area contributed by atoms with Gasteiger partial charge in [0.15, 0.2) is 5.78 Å². The number of allylic oxidation sites excluding steroid dienone is 1. The molecule has 1 atom stereocenters. The molecule has 3 nitrogen and oxygen atoms in total. The summed E-state index contributed by atoms with van der Waals surface area (Å²) in [6, 6.07) is 3.33. The first-order valence-corrected chi connectivity index (χ1v) is 10.2. The van der Waals surface area contributed by atoms with Crippen molar-refractivity contribution in [2.24, 2.45) is 5.16 Å². The number of nitrogens with zero attached hydrogens (tertiary/aromatic N) is 1. The fourth-order valence-corrected chi connectivity index (χ4v) is 3.47. The molecule has 1 unspecified atom stereocenters. The van der Waals surface area contributed by atoms with Crippen LogP contribution in [0.5, 0.6) is 0 Å². The van der Waals surface area contributed by atoms with E-state index in [4.69, 9.17) is 34.8 Å². The Labute approximate surface area is 203 Å². The topological polar surface area (TPSA) is 38.7 Å². The van der Waals surface area contributed by atoms with Crippen LogP contribution in [0.15, 0.2) is 41.6 Å². The van der Waals surface area contributed by atoms with Gasteiger partial charge in [0.25, 0.3) is 0 Å². The molecule has 0 aliphatic heterocycles. The summed E-state index contributed by atoms with van der Waals surface area (Å²) in [4.78, 5) is 16.4. The van der Waals surface area contributed by atoms with E-state index < -0.39 is 58.6 Å². The van der Waals surface area contributed by atoms with Crippen LogP contribution in [-0.4, -0.2) is 25.3 Å². The van der Waals surface area contributed by atoms with Crippen molar-refractivity contribution in [3.8, 4) is 0 Å². The summed E-state index contributed by atoms with van der Waals surface area (Å²) in [5, 5.41) is 2.37. The van der Waals surface area contributed by atoms with Gasteiger partial charge in [-0.2, -0.15) is 26.3 Å². The minimum atomic E-state index is -5.10. The van der Waals surface area contributed by atoms with Gasteiger partial charge in [-0.3, -0.25) is 4.79 Å². The van der Waals surface area contributed by atoms with Gasteiger partial charge >= 0.3 is 12.4 Å². The number of benzene rings is 2. The van der Waals surface area contributed by atoms with Gasteiger partial charge in [-0.1, -0.05) is 52.1 Å². The van der Waals surface area contributed by atoms with E-state index in [1.165, 1.54) is 0 Å². The number of oxime groups is 1. The second kappa shape index (κ2) is 11.0. The average molecular weight is 551 g/mol. The van der Waals surface area contributed by atoms with Gasteiger partial charge in [0, 0.05) is 17.5 Å². The van der Waals surface area contributed by atoms with Gasteiger partial charge in [-0.15, -0.1) is 0 Å². The zero-order valence-electron chi connectivity index (χ0n) is 16.9. The van der Waals surface area contributed by atoms with Crippen molar-refractivity contribution in [3.63, 3.8) is 0 Å². The standard InChI is InChI=1S/C21H13Cl3F7NO2/c1-34-32-5-4-18(33)12-3-2-10(6-14(12)21(29,30)31)17(25)9-13(20(26,27)28)11-7-15(22)19(24)16(23)8-11/h2-3,5-9,13H,4H2,1H3/b17-9-,32-5?. The van der Waals surface area contributed by atoms with Crippen molar-refractivity contribution in [3.05, 3.63) is 73.7 Å². The molecule has 0 fully saturated rings. The van der Waals surface area contributed by atoms with Crippen molar-refractivity contribution in [2.45, 2.75) is 24.7 Å². The van der Waals surface area contributed by atoms with Crippen LogP contribution in [0.1, 0.15) is 39.4 Å². The average Bonchev–Trinajstić information content (AvgIpc) is 2.73. The zero-order chi connectivity index (χ0) is 25.8. The van der Waals surface area contributed by atoms with Crippen LogP contribution in [0.3, 0.4) is 0 Å². The van der Waals surface area contributed by atoms with E-state index in [2.05, 4.69) is 9.99 Å². The lowest BCUT2D eigenvalue weighted by molar-refractivity contribution is -0.140. The second-order valence-corrected chi connectivity index (χ2v) is 7.88. The molecule has 2 aromatic rings. The first-order chi connectivity index (χ1) is 15.7. The van der Waals surface area contributed by atoms with E-state index >= 15 is 0 Å². The number of rotatable bonds is 7. The first-order valence-electron chi connectivity index (χ1n) is 9.05. The van der Waals surface area contributed by atoms with Crippen molar-refractivity contribution in [1.29, 1.82) is 0 Å². The van der Waals surface area contributed by atoms with E-state index in [0.29, 0.717) is 6.07 Å². The Hall–Kier alpha value is -2.30. The van der Waals surface area contributed by atoms with Crippen LogP contribution in [0.25, 0.3) is 5.83 Å². The van der Waals surface area contributed by atoms with Crippen LogP contribution in [0.4, 0.5) is 30.7 Å². The highest BCUT2D eigenvalue weighted by Crippen LogP contribution is 2.42. The van der Waals surface area contributed by atoms with Gasteiger partial charge in [-0.05, 0) is 29.8 Å². The maximum absolute atomic E-state index is 14.8. The number of Topliss-reactive ketones (excluding diaryl/α,β-unsaturated/α-hetero) is 1. The quantitative estimate of drug-likeness (QED) is 0.114. The lowest BCUT2D eigenvalue weighted by Crippen LogP contribution is -2.19. The van der Waals surface area contributed by atoms with Crippen LogP contribution in [0.2, 0.25) is 15.1 Å². The molecule has 0 N–H and O–H groups in total. The van der Waals surface area contributed by atoms with Crippen molar-refractivity contribution >= 4 is 52.6 Å². The van der Waals surface area contributed by atoms with E-state index in [1.807, 2.05) is 0 Å². The van der Waals surface area contributed by atoms with Crippen LogP contribution < -0.4 is 0 Å². The molecule has 0 radical (unpaired) electrons. The maximum atomic E-state index is 14.8. The van der Waals surface area contributed by atoms with E-state index in [9.17, 15) is 35.5 Å². The lowest BCUT2D eigenvalue weighted by atomic mass is 9.94. The summed E-state index contributed by atoms with van der Waals surface area (Å²) in [5.41, 5.74) is -3.74. The molecule has 184 valence electrons. The monoisotopic (exact) mass is 549 g/mol. The normalized spacial score (nSPS) is 13.9. The fraction of sp³-hybridized carbons (Fsp3) is 0.238. The molecule has 0 spiro atoms.